The van der Waals surface area contributed by atoms with E-state index in [-0.39, 0.29) is 5.57 Å². The Kier molecular flexibility index (Phi) is 3.79. The van der Waals surface area contributed by atoms with Crippen LogP contribution in [-0.2, 0) is 11.3 Å². The molecule has 1 aromatic heterocycles. The molecule has 0 fully saturated rings. The van der Waals surface area contributed by atoms with Gasteiger partial charge in [0.1, 0.15) is 11.6 Å². The van der Waals surface area contributed by atoms with Crippen molar-refractivity contribution < 1.29 is 9.90 Å². The fourth-order valence-electron chi connectivity index (χ4n) is 1.77. The number of nitrogens with zero attached hydrogens (tertiary/aromatic N) is 2. The first-order valence-electron chi connectivity index (χ1n) is 5.75. The third kappa shape index (κ3) is 3.11. The Morgan fingerprint density at radius 3 is 2.63 bits per heavy atom. The topological polar surface area (TPSA) is 66.0 Å². The summed E-state index contributed by atoms with van der Waals surface area (Å²) in [4.78, 5) is 10.8. The highest BCUT2D eigenvalue weighted by Gasteiger charge is 2.07. The van der Waals surface area contributed by atoms with Crippen LogP contribution in [0.1, 0.15) is 11.3 Å². The van der Waals surface area contributed by atoms with Gasteiger partial charge in [0.25, 0.3) is 0 Å². The Balaban J connectivity index is 2.29. The number of rotatable bonds is 4. The van der Waals surface area contributed by atoms with Crippen LogP contribution in [0.25, 0.3) is 6.08 Å². The number of hydrogen-bond donors (Lipinski definition) is 1. The van der Waals surface area contributed by atoms with Crippen LogP contribution in [-0.4, -0.2) is 15.6 Å². The van der Waals surface area contributed by atoms with E-state index in [1.165, 1.54) is 6.08 Å². The normalized spacial score (nSPS) is 11.0. The summed E-state index contributed by atoms with van der Waals surface area (Å²) < 4.78 is 1.90. The molecule has 1 aromatic carbocycles. The maximum absolute atomic E-state index is 10.8. The summed E-state index contributed by atoms with van der Waals surface area (Å²) in [6.07, 6.45) is 3.24. The predicted molar refractivity (Wildman–Crippen MR) is 71.2 cm³/mol. The molecule has 0 unspecified atom stereocenters. The Morgan fingerprint density at radius 1 is 1.26 bits per heavy atom. The number of hydrogen-bond acceptors (Lipinski definition) is 2. The standard InChI is InChI=1S/C15H12N2O2/c16-10-13(15(18)19)9-14-7-4-8-17(14)11-12-5-2-1-3-6-12/h1-9H,11H2,(H,18,19)/b13-9+. The van der Waals surface area contributed by atoms with Crippen LogP contribution < -0.4 is 0 Å². The molecule has 0 spiro atoms. The zero-order chi connectivity index (χ0) is 13.7. The Labute approximate surface area is 110 Å². The Bertz CT molecular complexity index is 648. The van der Waals surface area contributed by atoms with Crippen LogP contribution in [0.3, 0.4) is 0 Å². The van der Waals surface area contributed by atoms with Crippen LogP contribution in [0, 0.1) is 11.3 Å². The van der Waals surface area contributed by atoms with Crippen LogP contribution in [0.15, 0.2) is 54.2 Å². The summed E-state index contributed by atoms with van der Waals surface area (Å²) in [5, 5.41) is 17.6. The van der Waals surface area contributed by atoms with Gasteiger partial charge in [-0.3, -0.25) is 0 Å². The predicted octanol–water partition coefficient (Wildman–Crippen LogP) is 2.53. The minimum atomic E-state index is -1.21. The van der Waals surface area contributed by atoms with Crippen molar-refractivity contribution in [3.63, 3.8) is 0 Å². The Morgan fingerprint density at radius 2 is 2.00 bits per heavy atom. The molecule has 2 aromatic rings. The van der Waals surface area contributed by atoms with Gasteiger partial charge in [0.2, 0.25) is 0 Å². The first kappa shape index (κ1) is 12.7. The number of aromatic nitrogens is 1. The van der Waals surface area contributed by atoms with E-state index in [1.807, 2.05) is 47.2 Å². The SMILES string of the molecule is N#C/C(=C\c1cccn1Cc1ccccc1)C(=O)O. The van der Waals surface area contributed by atoms with Crippen molar-refractivity contribution in [2.75, 3.05) is 0 Å². The third-order valence-electron chi connectivity index (χ3n) is 2.70. The Hall–Kier alpha value is -2.80. The quantitative estimate of drug-likeness (QED) is 0.671. The molecule has 0 aliphatic rings. The maximum atomic E-state index is 10.8. The van der Waals surface area contributed by atoms with E-state index >= 15 is 0 Å². The second-order valence-electron chi connectivity index (χ2n) is 4.02. The highest BCUT2D eigenvalue weighted by molar-refractivity contribution is 5.96. The molecule has 4 heteroatoms. The molecule has 1 N–H and O–H groups in total. The van der Waals surface area contributed by atoms with Crippen molar-refractivity contribution >= 4 is 12.0 Å². The van der Waals surface area contributed by atoms with E-state index in [9.17, 15) is 4.79 Å². The zero-order valence-electron chi connectivity index (χ0n) is 10.2. The molecule has 19 heavy (non-hydrogen) atoms. The molecule has 0 saturated heterocycles. The number of nitriles is 1. The molecule has 0 saturated carbocycles. The lowest BCUT2D eigenvalue weighted by molar-refractivity contribution is -0.132. The van der Waals surface area contributed by atoms with Gasteiger partial charge < -0.3 is 9.67 Å². The lowest BCUT2D eigenvalue weighted by atomic mass is 10.2. The lowest BCUT2D eigenvalue weighted by Crippen LogP contribution is -2.02. The second kappa shape index (κ2) is 5.69. The molecule has 4 nitrogen and oxygen atoms in total. The van der Waals surface area contributed by atoms with Gasteiger partial charge in [0.15, 0.2) is 0 Å². The molecule has 0 amide bonds. The van der Waals surface area contributed by atoms with Crippen molar-refractivity contribution in [1.82, 2.24) is 4.57 Å². The number of carboxylic acids is 1. The molecular formula is C15H12N2O2. The molecule has 0 aliphatic heterocycles. The van der Waals surface area contributed by atoms with Gasteiger partial charge in [0, 0.05) is 18.4 Å². The summed E-state index contributed by atoms with van der Waals surface area (Å²) in [7, 11) is 0. The summed E-state index contributed by atoms with van der Waals surface area (Å²) in [5.41, 5.74) is 1.54. The molecule has 2 rings (SSSR count). The molecule has 1 heterocycles. The molecule has 0 atom stereocenters. The van der Waals surface area contributed by atoms with Gasteiger partial charge in [-0.1, -0.05) is 30.3 Å². The van der Waals surface area contributed by atoms with Crippen LogP contribution in [0.5, 0.6) is 0 Å². The van der Waals surface area contributed by atoms with Gasteiger partial charge in [0.05, 0.1) is 0 Å². The van der Waals surface area contributed by atoms with Crippen LogP contribution in [0.4, 0.5) is 0 Å². The van der Waals surface area contributed by atoms with E-state index in [2.05, 4.69) is 0 Å². The first-order valence-corrected chi connectivity index (χ1v) is 5.75. The highest BCUT2D eigenvalue weighted by Crippen LogP contribution is 2.11. The fourth-order valence-corrected chi connectivity index (χ4v) is 1.77. The summed E-state index contributed by atoms with van der Waals surface area (Å²) >= 11 is 0. The zero-order valence-corrected chi connectivity index (χ0v) is 10.2. The summed E-state index contributed by atoms with van der Waals surface area (Å²) in [5.74, 6) is -1.21. The smallest absolute Gasteiger partial charge is 0.346 e. The number of benzene rings is 1. The van der Waals surface area contributed by atoms with Crippen LogP contribution in [0.2, 0.25) is 0 Å². The monoisotopic (exact) mass is 252 g/mol. The molecule has 0 bridgehead atoms. The van der Waals surface area contributed by atoms with E-state index < -0.39 is 5.97 Å². The highest BCUT2D eigenvalue weighted by atomic mass is 16.4. The number of carbonyl (C=O) groups is 1. The first-order chi connectivity index (χ1) is 9.20. The maximum Gasteiger partial charge on any atom is 0.346 e. The van der Waals surface area contributed by atoms with Gasteiger partial charge >= 0.3 is 5.97 Å². The number of carboxylic acid groups (broad SMARTS) is 1. The van der Waals surface area contributed by atoms with E-state index in [0.29, 0.717) is 12.2 Å². The third-order valence-corrected chi connectivity index (χ3v) is 2.70. The van der Waals surface area contributed by atoms with Gasteiger partial charge in [-0.2, -0.15) is 5.26 Å². The van der Waals surface area contributed by atoms with Crippen molar-refractivity contribution in [3.8, 4) is 6.07 Å². The average molecular weight is 252 g/mol. The van der Waals surface area contributed by atoms with Gasteiger partial charge in [-0.15, -0.1) is 0 Å². The van der Waals surface area contributed by atoms with Crippen LogP contribution >= 0.6 is 0 Å². The summed E-state index contributed by atoms with van der Waals surface area (Å²) in [6, 6.07) is 15.1. The van der Waals surface area contributed by atoms with E-state index in [0.717, 1.165) is 5.56 Å². The van der Waals surface area contributed by atoms with Crippen molar-refractivity contribution in [2.45, 2.75) is 6.54 Å². The van der Waals surface area contributed by atoms with E-state index in [1.54, 1.807) is 12.1 Å². The molecule has 0 radical (unpaired) electrons. The number of aliphatic carboxylic acids is 1. The fraction of sp³-hybridized carbons (Fsp3) is 0.0667. The van der Waals surface area contributed by atoms with Gasteiger partial charge in [-0.25, -0.2) is 4.79 Å². The molecular weight excluding hydrogens is 240 g/mol. The minimum Gasteiger partial charge on any atom is -0.477 e. The second-order valence-corrected chi connectivity index (χ2v) is 4.02. The molecule has 94 valence electrons. The molecule has 0 aliphatic carbocycles. The average Bonchev–Trinajstić information content (AvgIpc) is 2.84. The van der Waals surface area contributed by atoms with E-state index in [4.69, 9.17) is 10.4 Å². The minimum absolute atomic E-state index is 0.270. The lowest BCUT2D eigenvalue weighted by Gasteiger charge is -2.06. The largest absolute Gasteiger partial charge is 0.477 e. The van der Waals surface area contributed by atoms with Crippen molar-refractivity contribution in [1.29, 1.82) is 5.26 Å². The van der Waals surface area contributed by atoms with Crippen molar-refractivity contribution in [2.24, 2.45) is 0 Å². The summed E-state index contributed by atoms with van der Waals surface area (Å²) in [6.45, 7) is 0.637. The van der Waals surface area contributed by atoms with Gasteiger partial charge in [-0.05, 0) is 23.8 Å². The van der Waals surface area contributed by atoms with Crippen molar-refractivity contribution in [3.05, 3.63) is 65.5 Å².